The molecule has 0 aromatic carbocycles. The van der Waals surface area contributed by atoms with E-state index in [2.05, 4.69) is 19.9 Å². The highest BCUT2D eigenvalue weighted by Gasteiger charge is 2.68. The molecular formula is C22H32O2. The van der Waals surface area contributed by atoms with E-state index in [1.54, 1.807) is 5.57 Å². The fourth-order valence-corrected chi connectivity index (χ4v) is 8.17. The van der Waals surface area contributed by atoms with Crippen molar-refractivity contribution in [3.63, 3.8) is 0 Å². The molecular weight excluding hydrogens is 296 g/mol. The predicted molar refractivity (Wildman–Crippen MR) is 94.4 cm³/mol. The maximum atomic E-state index is 12.6. The molecule has 2 nitrogen and oxygen atoms in total. The highest BCUT2D eigenvalue weighted by atomic mass is 16.3. The minimum absolute atomic E-state index is 0.0658. The Morgan fingerprint density at radius 2 is 1.83 bits per heavy atom. The Balaban J connectivity index is 1.50. The van der Waals surface area contributed by atoms with E-state index in [4.69, 9.17) is 0 Å². The maximum absolute atomic E-state index is 12.6. The van der Waals surface area contributed by atoms with Gasteiger partial charge in [-0.3, -0.25) is 4.79 Å². The van der Waals surface area contributed by atoms with Crippen LogP contribution >= 0.6 is 0 Å². The van der Waals surface area contributed by atoms with E-state index in [-0.39, 0.29) is 16.9 Å². The number of ketones is 1. The van der Waals surface area contributed by atoms with Gasteiger partial charge in [0.15, 0.2) is 0 Å². The van der Waals surface area contributed by atoms with Crippen LogP contribution in [0.3, 0.4) is 0 Å². The van der Waals surface area contributed by atoms with Crippen LogP contribution in [0.25, 0.3) is 0 Å². The predicted octanol–water partition coefficient (Wildman–Crippen LogP) is 4.66. The van der Waals surface area contributed by atoms with Gasteiger partial charge in [0, 0.05) is 11.8 Å². The summed E-state index contributed by atoms with van der Waals surface area (Å²) in [4.78, 5) is 12.6. The fourth-order valence-electron chi connectivity index (χ4n) is 8.17. The zero-order valence-corrected chi connectivity index (χ0v) is 15.3. The number of aliphatic hydroxyl groups excluding tert-OH is 1. The highest BCUT2D eigenvalue weighted by molar-refractivity contribution is 5.91. The molecule has 0 amide bonds. The Hall–Kier alpha value is -0.630. The Kier molecular flexibility index (Phi) is 3.09. The lowest BCUT2D eigenvalue weighted by atomic mass is 9.43. The Morgan fingerprint density at radius 3 is 2.54 bits per heavy atom. The van der Waals surface area contributed by atoms with Gasteiger partial charge in [0.1, 0.15) is 5.78 Å². The van der Waals surface area contributed by atoms with Gasteiger partial charge < -0.3 is 5.11 Å². The smallest absolute Gasteiger partial charge is 0.139 e. The van der Waals surface area contributed by atoms with Gasteiger partial charge in [-0.1, -0.05) is 25.5 Å². The second-order valence-corrected chi connectivity index (χ2v) is 10.2. The summed E-state index contributed by atoms with van der Waals surface area (Å²) in [7, 11) is 0. The molecule has 0 saturated heterocycles. The molecule has 4 fully saturated rings. The average Bonchev–Trinajstić information content (AvgIpc) is 2.89. The summed E-state index contributed by atoms with van der Waals surface area (Å²) in [5.74, 6) is 2.90. The van der Waals surface area contributed by atoms with Crippen molar-refractivity contribution in [3.8, 4) is 0 Å². The first kappa shape index (κ1) is 15.6. The van der Waals surface area contributed by atoms with Gasteiger partial charge in [0.25, 0.3) is 0 Å². The van der Waals surface area contributed by atoms with Crippen LogP contribution in [0.1, 0.15) is 78.1 Å². The van der Waals surface area contributed by atoms with E-state index >= 15 is 0 Å². The molecule has 1 spiro atoms. The number of aliphatic hydroxyl groups is 1. The van der Waals surface area contributed by atoms with Crippen molar-refractivity contribution < 1.29 is 9.90 Å². The molecule has 4 saturated carbocycles. The molecule has 24 heavy (non-hydrogen) atoms. The molecule has 5 rings (SSSR count). The quantitative estimate of drug-likeness (QED) is 0.657. The Morgan fingerprint density at radius 1 is 1.04 bits per heavy atom. The van der Waals surface area contributed by atoms with Crippen LogP contribution in [0.2, 0.25) is 0 Å². The number of hydrogen-bond donors (Lipinski definition) is 1. The standard InChI is InChI=1S/C22H32O2/c1-20-9-5-15(23)13-14(20)3-4-16-17(20)6-10-21(2)18(16)7-11-22(21)12-8-19(22)24/h3,15-18,23H,4-13H2,1-2H3/t15?,16-,17+,18+,20+,21+,22+/m1/s1. The molecule has 5 aliphatic rings. The number of carbonyl (C=O) groups excluding carboxylic acids is 1. The number of rotatable bonds is 0. The highest BCUT2D eigenvalue weighted by Crippen LogP contribution is 2.72. The maximum Gasteiger partial charge on any atom is 0.139 e. The lowest BCUT2D eigenvalue weighted by Crippen LogP contribution is -2.57. The lowest BCUT2D eigenvalue weighted by molar-refractivity contribution is -0.156. The van der Waals surface area contributed by atoms with Crippen molar-refractivity contribution in [2.24, 2.45) is 34.0 Å². The monoisotopic (exact) mass is 328 g/mol. The average molecular weight is 328 g/mol. The van der Waals surface area contributed by atoms with Crippen LogP contribution in [-0.4, -0.2) is 17.0 Å². The largest absolute Gasteiger partial charge is 0.393 e. The second-order valence-electron chi connectivity index (χ2n) is 10.2. The van der Waals surface area contributed by atoms with Crippen LogP contribution in [0.4, 0.5) is 0 Å². The Bertz CT molecular complexity index is 621. The first-order valence-electron chi connectivity index (χ1n) is 10.3. The van der Waals surface area contributed by atoms with Gasteiger partial charge in [0.2, 0.25) is 0 Å². The molecule has 0 aromatic heterocycles. The molecule has 0 aliphatic heterocycles. The van der Waals surface area contributed by atoms with Gasteiger partial charge in [-0.25, -0.2) is 0 Å². The van der Waals surface area contributed by atoms with E-state index in [1.165, 1.54) is 38.5 Å². The van der Waals surface area contributed by atoms with Crippen LogP contribution in [0.15, 0.2) is 11.6 Å². The number of carbonyl (C=O) groups is 1. The summed E-state index contributed by atoms with van der Waals surface area (Å²) in [5, 5.41) is 10.1. The zero-order chi connectivity index (χ0) is 16.7. The Labute approximate surface area is 146 Å². The zero-order valence-electron chi connectivity index (χ0n) is 15.3. The summed E-state index contributed by atoms with van der Waals surface area (Å²) in [5.41, 5.74) is 2.22. The molecule has 0 bridgehead atoms. The van der Waals surface area contributed by atoms with Crippen LogP contribution in [0.5, 0.6) is 0 Å². The number of hydrogen-bond acceptors (Lipinski definition) is 2. The van der Waals surface area contributed by atoms with Gasteiger partial charge in [-0.15, -0.1) is 0 Å². The fraction of sp³-hybridized carbons (Fsp3) is 0.864. The molecule has 2 heteroatoms. The minimum atomic E-state index is -0.114. The summed E-state index contributed by atoms with van der Waals surface area (Å²) in [6, 6.07) is 0. The molecule has 1 unspecified atom stereocenters. The number of fused-ring (bicyclic) bond motifs is 6. The van der Waals surface area contributed by atoms with Crippen molar-refractivity contribution in [2.75, 3.05) is 0 Å². The molecule has 5 aliphatic carbocycles. The van der Waals surface area contributed by atoms with Crippen LogP contribution in [0, 0.1) is 34.0 Å². The van der Waals surface area contributed by atoms with Crippen molar-refractivity contribution in [1.82, 2.24) is 0 Å². The van der Waals surface area contributed by atoms with Crippen molar-refractivity contribution in [1.29, 1.82) is 0 Å². The molecule has 1 N–H and O–H groups in total. The third-order valence-electron chi connectivity index (χ3n) is 9.76. The van der Waals surface area contributed by atoms with Crippen molar-refractivity contribution >= 4 is 5.78 Å². The van der Waals surface area contributed by atoms with Gasteiger partial charge in [-0.2, -0.15) is 0 Å². The third-order valence-corrected chi connectivity index (χ3v) is 9.76. The molecule has 0 radical (unpaired) electrons. The first-order chi connectivity index (χ1) is 11.4. The molecule has 0 aromatic rings. The van der Waals surface area contributed by atoms with Crippen LogP contribution in [-0.2, 0) is 4.79 Å². The van der Waals surface area contributed by atoms with E-state index in [9.17, 15) is 9.90 Å². The summed E-state index contributed by atoms with van der Waals surface area (Å²) >= 11 is 0. The molecule has 0 heterocycles. The van der Waals surface area contributed by atoms with Gasteiger partial charge >= 0.3 is 0 Å². The van der Waals surface area contributed by atoms with Gasteiger partial charge in [-0.05, 0) is 86.4 Å². The number of allylic oxidation sites excluding steroid dienone is 1. The SMILES string of the molecule is C[C@]12CCC(O)CC1=CC[C@@H]1[C@@H]2CC[C@@]2(C)[C@H]1CC[C@@]21CCC1=O. The van der Waals surface area contributed by atoms with Crippen LogP contribution < -0.4 is 0 Å². The van der Waals surface area contributed by atoms with Gasteiger partial charge in [0.05, 0.1) is 6.10 Å². The minimum Gasteiger partial charge on any atom is -0.393 e. The van der Waals surface area contributed by atoms with E-state index in [0.29, 0.717) is 11.2 Å². The lowest BCUT2D eigenvalue weighted by Gasteiger charge is -2.61. The third kappa shape index (κ3) is 1.65. The van der Waals surface area contributed by atoms with Crippen molar-refractivity contribution in [2.45, 2.75) is 84.2 Å². The summed E-state index contributed by atoms with van der Waals surface area (Å²) in [6.07, 6.45) is 13.7. The second kappa shape index (κ2) is 4.75. The van der Waals surface area contributed by atoms with E-state index in [0.717, 1.165) is 43.4 Å². The topological polar surface area (TPSA) is 37.3 Å². The number of Topliss-reactive ketones (excluding diaryl/α,β-unsaturated/α-hetero) is 1. The first-order valence-corrected chi connectivity index (χ1v) is 10.3. The summed E-state index contributed by atoms with van der Waals surface area (Å²) < 4.78 is 0. The van der Waals surface area contributed by atoms with E-state index in [1.807, 2.05) is 0 Å². The van der Waals surface area contributed by atoms with E-state index < -0.39 is 0 Å². The molecule has 7 atom stereocenters. The normalized spacial score (nSPS) is 56.1. The molecule has 132 valence electrons. The summed E-state index contributed by atoms with van der Waals surface area (Å²) in [6.45, 7) is 4.97. The van der Waals surface area contributed by atoms with Crippen molar-refractivity contribution in [3.05, 3.63) is 11.6 Å².